The van der Waals surface area contributed by atoms with Gasteiger partial charge >= 0.3 is 0 Å². The average Bonchev–Trinajstić information content (AvgIpc) is 2.25. The van der Waals surface area contributed by atoms with Gasteiger partial charge < -0.3 is 14.7 Å². The minimum absolute atomic E-state index is 0.217. The number of hydrogen-bond acceptors (Lipinski definition) is 4. The summed E-state index contributed by atoms with van der Waals surface area (Å²) >= 11 is 0. The molecule has 4 nitrogen and oxygen atoms in total. The summed E-state index contributed by atoms with van der Waals surface area (Å²) in [4.78, 5) is 2.30. The molecule has 2 aliphatic heterocycles. The van der Waals surface area contributed by atoms with Gasteiger partial charge in [-0.3, -0.25) is 4.21 Å². The second kappa shape index (κ2) is 5.39. The van der Waals surface area contributed by atoms with Crippen LogP contribution < -0.4 is 0 Å². The molecular formula is C10H19NO3S. The Bertz CT molecular complexity index is 227. The van der Waals surface area contributed by atoms with Crippen LogP contribution in [-0.4, -0.2) is 64.7 Å². The van der Waals surface area contributed by atoms with E-state index in [0.717, 1.165) is 37.6 Å². The van der Waals surface area contributed by atoms with E-state index >= 15 is 0 Å². The van der Waals surface area contributed by atoms with Gasteiger partial charge in [-0.15, -0.1) is 0 Å². The van der Waals surface area contributed by atoms with E-state index in [4.69, 9.17) is 4.74 Å². The van der Waals surface area contributed by atoms with E-state index in [1.807, 2.05) is 0 Å². The molecule has 15 heavy (non-hydrogen) atoms. The normalized spacial score (nSPS) is 35.5. The van der Waals surface area contributed by atoms with Gasteiger partial charge in [0.05, 0.1) is 12.7 Å². The maximum Gasteiger partial charge on any atom is 0.0624 e. The number of rotatable bonds is 2. The highest BCUT2D eigenvalue weighted by Gasteiger charge is 2.27. The van der Waals surface area contributed by atoms with Crippen LogP contribution in [0, 0.1) is 5.92 Å². The van der Waals surface area contributed by atoms with Gasteiger partial charge in [0.2, 0.25) is 0 Å². The topological polar surface area (TPSA) is 49.8 Å². The summed E-state index contributed by atoms with van der Waals surface area (Å²) < 4.78 is 16.5. The van der Waals surface area contributed by atoms with Crippen LogP contribution in [-0.2, 0) is 15.5 Å². The van der Waals surface area contributed by atoms with E-state index in [1.54, 1.807) is 0 Å². The lowest BCUT2D eigenvalue weighted by Gasteiger charge is -2.34. The molecule has 2 atom stereocenters. The molecule has 0 bridgehead atoms. The second-order valence-corrected chi connectivity index (χ2v) is 6.04. The van der Waals surface area contributed by atoms with Crippen molar-refractivity contribution < 1.29 is 14.1 Å². The first kappa shape index (κ1) is 11.5. The molecule has 0 aromatic heterocycles. The zero-order chi connectivity index (χ0) is 10.7. The second-order valence-electron chi connectivity index (χ2n) is 4.34. The van der Waals surface area contributed by atoms with Gasteiger partial charge in [-0.05, 0) is 6.42 Å². The number of hydrogen-bond donors (Lipinski definition) is 1. The van der Waals surface area contributed by atoms with Crippen LogP contribution in [0.3, 0.4) is 0 Å². The molecule has 88 valence electrons. The Kier molecular flexibility index (Phi) is 4.13. The van der Waals surface area contributed by atoms with Crippen molar-refractivity contribution in [3.63, 3.8) is 0 Å². The molecule has 0 aromatic rings. The van der Waals surface area contributed by atoms with Crippen LogP contribution in [0.5, 0.6) is 0 Å². The van der Waals surface area contributed by atoms with E-state index in [-0.39, 0.29) is 12.0 Å². The Morgan fingerprint density at radius 3 is 2.80 bits per heavy atom. The molecule has 2 heterocycles. The molecule has 0 aliphatic carbocycles. The highest BCUT2D eigenvalue weighted by Crippen LogP contribution is 2.16. The third-order valence-corrected chi connectivity index (χ3v) is 4.47. The lowest BCUT2D eigenvalue weighted by Crippen LogP contribution is -2.45. The molecule has 0 amide bonds. The predicted octanol–water partition coefficient (Wildman–Crippen LogP) is -0.552. The van der Waals surface area contributed by atoms with Crippen molar-refractivity contribution in [2.45, 2.75) is 12.5 Å². The summed E-state index contributed by atoms with van der Waals surface area (Å²) in [6.07, 6.45) is 0.538. The van der Waals surface area contributed by atoms with Crippen LogP contribution in [0.15, 0.2) is 0 Å². The fourth-order valence-corrected chi connectivity index (χ4v) is 3.28. The minimum Gasteiger partial charge on any atom is -0.393 e. The number of ether oxygens (including phenoxy) is 1. The van der Waals surface area contributed by atoms with Gasteiger partial charge in [0, 0.05) is 54.5 Å². The molecule has 2 unspecified atom stereocenters. The first-order chi connectivity index (χ1) is 7.25. The van der Waals surface area contributed by atoms with E-state index in [9.17, 15) is 9.32 Å². The SMILES string of the molecule is O=S1CCN(CC2COCCC2O)CC1. The molecule has 0 saturated carbocycles. The monoisotopic (exact) mass is 233 g/mol. The molecule has 0 spiro atoms. The number of nitrogens with zero attached hydrogens (tertiary/aromatic N) is 1. The van der Waals surface area contributed by atoms with Gasteiger partial charge in [-0.2, -0.15) is 0 Å². The largest absolute Gasteiger partial charge is 0.393 e. The maximum atomic E-state index is 11.2. The van der Waals surface area contributed by atoms with Crippen LogP contribution in [0.1, 0.15) is 6.42 Å². The molecule has 2 fully saturated rings. The van der Waals surface area contributed by atoms with E-state index in [1.165, 1.54) is 0 Å². The van der Waals surface area contributed by atoms with Gasteiger partial charge in [-0.25, -0.2) is 0 Å². The van der Waals surface area contributed by atoms with Gasteiger partial charge in [0.15, 0.2) is 0 Å². The number of aliphatic hydroxyl groups excluding tert-OH is 1. The highest BCUT2D eigenvalue weighted by molar-refractivity contribution is 7.85. The third-order valence-electron chi connectivity index (χ3n) is 3.20. The summed E-state index contributed by atoms with van der Waals surface area (Å²) in [5.74, 6) is 1.80. The predicted molar refractivity (Wildman–Crippen MR) is 59.2 cm³/mol. The standard InChI is InChI=1S/C10H19NO3S/c12-10-1-4-14-8-9(10)7-11-2-5-15(13)6-3-11/h9-10,12H,1-8H2. The third kappa shape index (κ3) is 3.24. The molecule has 2 aliphatic rings. The maximum absolute atomic E-state index is 11.2. The lowest BCUT2D eigenvalue weighted by atomic mass is 9.98. The first-order valence-electron chi connectivity index (χ1n) is 5.59. The summed E-state index contributed by atoms with van der Waals surface area (Å²) in [5.41, 5.74) is 0. The van der Waals surface area contributed by atoms with E-state index in [2.05, 4.69) is 4.90 Å². The smallest absolute Gasteiger partial charge is 0.0624 e. The Morgan fingerprint density at radius 1 is 1.40 bits per heavy atom. The number of aliphatic hydroxyl groups is 1. The Hall–Kier alpha value is 0.0300. The Balaban J connectivity index is 1.78. The molecule has 1 N–H and O–H groups in total. The highest BCUT2D eigenvalue weighted by atomic mass is 32.2. The molecule has 2 rings (SSSR count). The average molecular weight is 233 g/mol. The summed E-state index contributed by atoms with van der Waals surface area (Å²) in [6.45, 7) is 4.03. The molecular weight excluding hydrogens is 214 g/mol. The van der Waals surface area contributed by atoms with Gasteiger partial charge in [0.1, 0.15) is 0 Å². The fourth-order valence-electron chi connectivity index (χ4n) is 2.15. The summed E-state index contributed by atoms with van der Waals surface area (Å²) in [7, 11) is -0.612. The van der Waals surface area contributed by atoms with E-state index < -0.39 is 10.8 Å². The lowest BCUT2D eigenvalue weighted by molar-refractivity contribution is -0.0458. The van der Waals surface area contributed by atoms with Crippen molar-refractivity contribution in [1.82, 2.24) is 4.90 Å². The zero-order valence-corrected chi connectivity index (χ0v) is 9.75. The molecule has 5 heteroatoms. The zero-order valence-electron chi connectivity index (χ0n) is 8.93. The summed E-state index contributed by atoms with van der Waals surface area (Å²) in [6, 6.07) is 0. The molecule has 0 radical (unpaired) electrons. The van der Waals surface area contributed by atoms with Gasteiger partial charge in [-0.1, -0.05) is 0 Å². The van der Waals surface area contributed by atoms with Crippen LogP contribution in [0.4, 0.5) is 0 Å². The van der Waals surface area contributed by atoms with Crippen LogP contribution in [0.2, 0.25) is 0 Å². The van der Waals surface area contributed by atoms with Crippen molar-refractivity contribution in [2.24, 2.45) is 5.92 Å². The quantitative estimate of drug-likeness (QED) is 0.695. The minimum atomic E-state index is -0.612. The van der Waals surface area contributed by atoms with Crippen molar-refractivity contribution in [2.75, 3.05) is 44.4 Å². The van der Waals surface area contributed by atoms with Gasteiger partial charge in [0.25, 0.3) is 0 Å². The van der Waals surface area contributed by atoms with Crippen molar-refractivity contribution >= 4 is 10.8 Å². The van der Waals surface area contributed by atoms with Crippen molar-refractivity contribution in [3.05, 3.63) is 0 Å². The fraction of sp³-hybridized carbons (Fsp3) is 1.00. The Labute approximate surface area is 93.1 Å². The molecule has 2 saturated heterocycles. The van der Waals surface area contributed by atoms with Crippen LogP contribution in [0.25, 0.3) is 0 Å². The van der Waals surface area contributed by atoms with Crippen LogP contribution >= 0.6 is 0 Å². The Morgan fingerprint density at radius 2 is 2.13 bits per heavy atom. The first-order valence-corrected chi connectivity index (χ1v) is 7.07. The molecule has 0 aromatic carbocycles. The van der Waals surface area contributed by atoms with E-state index in [0.29, 0.717) is 13.2 Å². The summed E-state index contributed by atoms with van der Waals surface area (Å²) in [5, 5.41) is 9.78. The van der Waals surface area contributed by atoms with Crippen molar-refractivity contribution in [3.8, 4) is 0 Å². The van der Waals surface area contributed by atoms with Crippen molar-refractivity contribution in [1.29, 1.82) is 0 Å².